The molecule has 1 aliphatic heterocycles. The van der Waals surface area contributed by atoms with Crippen LogP contribution in [0.5, 0.6) is 0 Å². The molecule has 0 aromatic heterocycles. The molecule has 0 amide bonds. The van der Waals surface area contributed by atoms with Crippen molar-refractivity contribution in [3.63, 3.8) is 0 Å². The molecule has 2 aromatic rings. The van der Waals surface area contributed by atoms with Crippen LogP contribution in [0.15, 0.2) is 40.9 Å². The zero-order valence-electron chi connectivity index (χ0n) is 10.2. The van der Waals surface area contributed by atoms with E-state index in [0.717, 1.165) is 34.2 Å². The first kappa shape index (κ1) is 13.4. The van der Waals surface area contributed by atoms with Crippen LogP contribution in [0, 0.1) is 0 Å². The van der Waals surface area contributed by atoms with Gasteiger partial charge in [0.25, 0.3) is 0 Å². The lowest BCUT2D eigenvalue weighted by Crippen LogP contribution is -2.15. The zero-order chi connectivity index (χ0) is 13.4. The molecule has 0 bridgehead atoms. The van der Waals surface area contributed by atoms with Gasteiger partial charge in [0.1, 0.15) is 0 Å². The monoisotopic (exact) mass is 355 g/mol. The molecule has 3 rings (SSSR count). The first-order valence-electron chi connectivity index (χ1n) is 6.05. The van der Waals surface area contributed by atoms with Crippen molar-refractivity contribution in [2.45, 2.75) is 19.6 Å². The maximum atomic E-state index is 6.29. The Hall–Kier alpha value is -0.540. The summed E-state index contributed by atoms with van der Waals surface area (Å²) in [6, 6.07) is 12.1. The third kappa shape index (κ3) is 2.97. The van der Waals surface area contributed by atoms with Crippen LogP contribution in [0.2, 0.25) is 10.0 Å². The summed E-state index contributed by atoms with van der Waals surface area (Å²) in [4.78, 5) is 2.38. The topological polar surface area (TPSA) is 3.24 Å². The largest absolute Gasteiger partial charge is 0.291 e. The van der Waals surface area contributed by atoms with Crippen LogP contribution < -0.4 is 0 Å². The van der Waals surface area contributed by atoms with Crippen LogP contribution in [0.3, 0.4) is 0 Å². The molecule has 0 atom stereocenters. The first-order valence-corrected chi connectivity index (χ1v) is 7.60. The van der Waals surface area contributed by atoms with Gasteiger partial charge < -0.3 is 0 Å². The number of fused-ring (bicyclic) bond motifs is 1. The fraction of sp³-hybridized carbons (Fsp3) is 0.200. The van der Waals surface area contributed by atoms with Gasteiger partial charge in [-0.1, -0.05) is 51.3 Å². The molecule has 1 aliphatic rings. The predicted molar refractivity (Wildman–Crippen MR) is 83.6 cm³/mol. The van der Waals surface area contributed by atoms with E-state index in [1.807, 2.05) is 18.2 Å². The van der Waals surface area contributed by atoms with Crippen LogP contribution in [0.4, 0.5) is 0 Å². The quantitative estimate of drug-likeness (QED) is 0.708. The summed E-state index contributed by atoms with van der Waals surface area (Å²) in [6.07, 6.45) is 0. The van der Waals surface area contributed by atoms with Crippen molar-refractivity contribution in [3.05, 3.63) is 67.6 Å². The Bertz CT molecular complexity index is 610. The van der Waals surface area contributed by atoms with Gasteiger partial charge in [-0.25, -0.2) is 0 Å². The van der Waals surface area contributed by atoms with E-state index in [0.29, 0.717) is 0 Å². The molecule has 1 heterocycles. The normalized spacial score (nSPS) is 14.7. The highest BCUT2D eigenvalue weighted by atomic mass is 79.9. The van der Waals surface area contributed by atoms with Crippen LogP contribution in [0.1, 0.15) is 16.7 Å². The summed E-state index contributed by atoms with van der Waals surface area (Å²) in [7, 11) is 0. The summed E-state index contributed by atoms with van der Waals surface area (Å²) < 4.78 is 1.05. The number of nitrogens with zero attached hydrogens (tertiary/aromatic N) is 1. The Morgan fingerprint density at radius 3 is 2.53 bits per heavy atom. The second-order valence-electron chi connectivity index (χ2n) is 4.80. The molecule has 1 nitrogen and oxygen atoms in total. The molecule has 0 N–H and O–H groups in total. The Kier molecular flexibility index (Phi) is 3.86. The molecule has 0 fully saturated rings. The average Bonchev–Trinajstić information content (AvgIpc) is 2.75. The van der Waals surface area contributed by atoms with Crippen LogP contribution >= 0.6 is 39.1 Å². The van der Waals surface area contributed by atoms with E-state index in [1.54, 1.807) is 0 Å². The van der Waals surface area contributed by atoms with Gasteiger partial charge in [0.05, 0.1) is 0 Å². The highest BCUT2D eigenvalue weighted by Crippen LogP contribution is 2.33. The molecule has 19 heavy (non-hydrogen) atoms. The second kappa shape index (κ2) is 5.45. The molecule has 2 aromatic carbocycles. The minimum Gasteiger partial charge on any atom is -0.291 e. The molecule has 0 aliphatic carbocycles. The summed E-state index contributed by atoms with van der Waals surface area (Å²) in [5.74, 6) is 0. The molecular weight excluding hydrogens is 345 g/mol. The van der Waals surface area contributed by atoms with Crippen molar-refractivity contribution in [3.8, 4) is 0 Å². The lowest BCUT2D eigenvalue weighted by Gasteiger charge is -2.14. The number of rotatable bonds is 2. The maximum Gasteiger partial charge on any atom is 0.0465 e. The highest BCUT2D eigenvalue weighted by Gasteiger charge is 2.21. The molecule has 4 heteroatoms. The van der Waals surface area contributed by atoms with Gasteiger partial charge in [-0.15, -0.1) is 0 Å². The second-order valence-corrected chi connectivity index (χ2v) is 6.56. The van der Waals surface area contributed by atoms with Crippen molar-refractivity contribution in [1.29, 1.82) is 0 Å². The number of benzene rings is 2. The molecule has 0 spiro atoms. The van der Waals surface area contributed by atoms with Crippen LogP contribution in [0.25, 0.3) is 0 Å². The summed E-state index contributed by atoms with van der Waals surface area (Å²) >= 11 is 15.7. The average molecular weight is 357 g/mol. The smallest absolute Gasteiger partial charge is 0.0465 e. The van der Waals surface area contributed by atoms with Gasteiger partial charge in [0.15, 0.2) is 0 Å². The third-order valence-corrected chi connectivity index (χ3v) is 4.39. The zero-order valence-corrected chi connectivity index (χ0v) is 13.3. The molecule has 0 unspecified atom stereocenters. The Morgan fingerprint density at radius 2 is 1.79 bits per heavy atom. The fourth-order valence-electron chi connectivity index (χ4n) is 2.46. The minimum absolute atomic E-state index is 0.778. The molecule has 0 radical (unpaired) electrons. The highest BCUT2D eigenvalue weighted by molar-refractivity contribution is 9.10. The van der Waals surface area contributed by atoms with E-state index in [1.165, 1.54) is 16.7 Å². The van der Waals surface area contributed by atoms with Gasteiger partial charge >= 0.3 is 0 Å². The summed E-state index contributed by atoms with van der Waals surface area (Å²) in [5.41, 5.74) is 3.83. The van der Waals surface area contributed by atoms with Crippen LogP contribution in [-0.4, -0.2) is 4.90 Å². The maximum absolute atomic E-state index is 6.29. The predicted octanol–water partition coefficient (Wildman–Crippen LogP) is 5.27. The standard InChI is InChI=1S/C15H12BrCl2N/c16-12-5-11-8-19(9-14(11)15(18)6-12)7-10-1-3-13(17)4-2-10/h1-6H,7-9H2. The minimum atomic E-state index is 0.778. The van der Waals surface area contributed by atoms with E-state index in [4.69, 9.17) is 23.2 Å². The van der Waals surface area contributed by atoms with Crippen LogP contribution in [-0.2, 0) is 19.6 Å². The lowest BCUT2D eigenvalue weighted by atomic mass is 10.1. The van der Waals surface area contributed by atoms with E-state index < -0.39 is 0 Å². The Labute approximate surface area is 131 Å². The van der Waals surface area contributed by atoms with Gasteiger partial charge in [0.2, 0.25) is 0 Å². The molecule has 0 saturated heterocycles. The van der Waals surface area contributed by atoms with E-state index in [-0.39, 0.29) is 0 Å². The summed E-state index contributed by atoms with van der Waals surface area (Å²) in [6.45, 7) is 2.76. The third-order valence-electron chi connectivity index (χ3n) is 3.35. The van der Waals surface area contributed by atoms with Gasteiger partial charge in [-0.05, 0) is 41.0 Å². The van der Waals surface area contributed by atoms with Gasteiger partial charge in [0, 0.05) is 34.2 Å². The van der Waals surface area contributed by atoms with Crippen molar-refractivity contribution in [2.24, 2.45) is 0 Å². The summed E-state index contributed by atoms with van der Waals surface area (Å²) in [5, 5.41) is 1.63. The van der Waals surface area contributed by atoms with E-state index >= 15 is 0 Å². The van der Waals surface area contributed by atoms with Crippen molar-refractivity contribution >= 4 is 39.1 Å². The fourth-order valence-corrected chi connectivity index (χ4v) is 3.52. The van der Waals surface area contributed by atoms with Gasteiger partial charge in [-0.3, -0.25) is 4.90 Å². The first-order chi connectivity index (χ1) is 9.11. The lowest BCUT2D eigenvalue weighted by molar-refractivity contribution is 0.275. The van der Waals surface area contributed by atoms with Crippen molar-refractivity contribution in [2.75, 3.05) is 0 Å². The van der Waals surface area contributed by atoms with Gasteiger partial charge in [-0.2, -0.15) is 0 Å². The van der Waals surface area contributed by atoms with Crippen molar-refractivity contribution < 1.29 is 0 Å². The van der Waals surface area contributed by atoms with Crippen molar-refractivity contribution in [1.82, 2.24) is 4.90 Å². The molecular formula is C15H12BrCl2N. The van der Waals surface area contributed by atoms with E-state index in [9.17, 15) is 0 Å². The molecule has 98 valence electrons. The number of hydrogen-bond acceptors (Lipinski definition) is 1. The number of halogens is 3. The Balaban J connectivity index is 1.77. The number of hydrogen-bond donors (Lipinski definition) is 0. The van der Waals surface area contributed by atoms with E-state index in [2.05, 4.69) is 39.0 Å². The Morgan fingerprint density at radius 1 is 1.05 bits per heavy atom. The SMILES string of the molecule is Clc1ccc(CN2Cc3cc(Br)cc(Cl)c3C2)cc1. The molecule has 0 saturated carbocycles.